The largest absolute Gasteiger partial charge is 0.389 e. The second-order valence-corrected chi connectivity index (χ2v) is 9.41. The fourth-order valence-electron chi connectivity index (χ4n) is 7.83. The summed E-state index contributed by atoms with van der Waals surface area (Å²) in [4.78, 5) is 0. The van der Waals surface area contributed by atoms with E-state index in [4.69, 9.17) is 0 Å². The van der Waals surface area contributed by atoms with Gasteiger partial charge in [0.1, 0.15) is 0 Å². The molecule has 0 aromatic carbocycles. The number of hydrogen-bond acceptors (Lipinski definition) is 2. The van der Waals surface area contributed by atoms with Gasteiger partial charge in [0.15, 0.2) is 0 Å². The molecule has 0 amide bonds. The Morgan fingerprint density at radius 3 is 2.59 bits per heavy atom. The Labute approximate surface area is 135 Å². The van der Waals surface area contributed by atoms with Crippen molar-refractivity contribution < 1.29 is 5.11 Å². The summed E-state index contributed by atoms with van der Waals surface area (Å²) >= 11 is 0. The smallest absolute Gasteiger partial charge is 0.0746 e. The van der Waals surface area contributed by atoms with Gasteiger partial charge in [0.25, 0.3) is 0 Å². The third-order valence-corrected chi connectivity index (χ3v) is 8.68. The molecule has 7 atom stereocenters. The van der Waals surface area contributed by atoms with Gasteiger partial charge in [-0.3, -0.25) is 0 Å². The minimum Gasteiger partial charge on any atom is -0.389 e. The zero-order valence-corrected chi connectivity index (χ0v) is 14.0. The summed E-state index contributed by atoms with van der Waals surface area (Å²) in [6.45, 7) is 0. The van der Waals surface area contributed by atoms with E-state index < -0.39 is 0 Å². The van der Waals surface area contributed by atoms with Gasteiger partial charge in [-0.15, -0.1) is 0 Å². The molecule has 2 heteroatoms. The van der Waals surface area contributed by atoms with Crippen molar-refractivity contribution in [3.8, 4) is 0 Å². The van der Waals surface area contributed by atoms with Gasteiger partial charge in [-0.1, -0.05) is 32.1 Å². The zero-order valence-electron chi connectivity index (χ0n) is 14.0. The lowest BCUT2D eigenvalue weighted by molar-refractivity contribution is -0.236. The topological polar surface area (TPSA) is 32.3 Å². The fourth-order valence-corrected chi connectivity index (χ4v) is 7.83. The molecule has 22 heavy (non-hydrogen) atoms. The van der Waals surface area contributed by atoms with Gasteiger partial charge in [0.05, 0.1) is 5.60 Å². The normalized spacial score (nSPS) is 57.4. The van der Waals surface area contributed by atoms with Crippen LogP contribution < -0.4 is 5.32 Å². The van der Waals surface area contributed by atoms with Crippen LogP contribution >= 0.6 is 0 Å². The van der Waals surface area contributed by atoms with Crippen LogP contribution in [-0.4, -0.2) is 22.8 Å². The SMILES string of the molecule is O[C@@]12CCCC[C@H]1C[C@@H]1CCC[C@]23C[C@H]2CCCC[C@@H]2N[C@H]13. The van der Waals surface area contributed by atoms with Gasteiger partial charge in [0, 0.05) is 17.5 Å². The molecule has 5 rings (SSSR count). The van der Waals surface area contributed by atoms with Crippen molar-refractivity contribution >= 4 is 0 Å². The van der Waals surface area contributed by atoms with Crippen LogP contribution in [0, 0.1) is 23.2 Å². The molecule has 4 saturated carbocycles. The number of nitrogens with one attached hydrogen (secondary N) is 1. The summed E-state index contributed by atoms with van der Waals surface area (Å²) < 4.78 is 0. The first-order valence-electron chi connectivity index (χ1n) is 10.2. The molecule has 0 radical (unpaired) electrons. The number of fused-ring (bicyclic) bond motifs is 2. The molecule has 0 aromatic heterocycles. The van der Waals surface area contributed by atoms with E-state index in [-0.39, 0.29) is 11.0 Å². The molecule has 124 valence electrons. The van der Waals surface area contributed by atoms with Gasteiger partial charge >= 0.3 is 0 Å². The summed E-state index contributed by atoms with van der Waals surface area (Å²) in [7, 11) is 0. The van der Waals surface area contributed by atoms with Crippen molar-refractivity contribution in [3.05, 3.63) is 0 Å². The zero-order chi connectivity index (χ0) is 14.8. The van der Waals surface area contributed by atoms with Crippen LogP contribution in [0.15, 0.2) is 0 Å². The second-order valence-electron chi connectivity index (χ2n) is 9.41. The monoisotopic (exact) mass is 303 g/mol. The standard InChI is InChI=1S/C20H33NO/c22-20-11-4-3-8-16(20)12-14-7-5-10-19(20)13-15-6-1-2-9-17(15)21-18(14)19/h14-18,21-22H,1-13H2/t14-,15+,16-,17-,18+,19+,20-/m0/s1. The molecular weight excluding hydrogens is 270 g/mol. The Hall–Kier alpha value is -0.0800. The highest BCUT2D eigenvalue weighted by Gasteiger charge is 2.66. The molecule has 2 N–H and O–H groups in total. The predicted octanol–water partition coefficient (Wildman–Crippen LogP) is 4.02. The van der Waals surface area contributed by atoms with E-state index in [0.29, 0.717) is 12.0 Å². The molecule has 1 aliphatic heterocycles. The van der Waals surface area contributed by atoms with E-state index in [0.717, 1.165) is 24.3 Å². The highest BCUT2D eigenvalue weighted by atomic mass is 16.3. The Bertz CT molecular complexity index is 451. The number of rotatable bonds is 0. The fraction of sp³-hybridized carbons (Fsp3) is 1.00. The Balaban J connectivity index is 1.56. The number of piperidine rings is 1. The summed E-state index contributed by atoms with van der Waals surface area (Å²) in [6.07, 6.45) is 17.4. The third-order valence-electron chi connectivity index (χ3n) is 8.68. The maximum atomic E-state index is 11.9. The van der Waals surface area contributed by atoms with Crippen molar-refractivity contribution in [1.29, 1.82) is 0 Å². The Kier molecular flexibility index (Phi) is 3.22. The molecule has 2 nitrogen and oxygen atoms in total. The highest BCUT2D eigenvalue weighted by Crippen LogP contribution is 2.65. The van der Waals surface area contributed by atoms with Crippen LogP contribution in [0.1, 0.15) is 83.5 Å². The first-order valence-corrected chi connectivity index (χ1v) is 10.2. The van der Waals surface area contributed by atoms with E-state index in [1.165, 1.54) is 77.0 Å². The maximum Gasteiger partial charge on any atom is 0.0746 e. The van der Waals surface area contributed by atoms with Gasteiger partial charge in [-0.2, -0.15) is 0 Å². The molecule has 4 aliphatic carbocycles. The van der Waals surface area contributed by atoms with E-state index in [1.807, 2.05) is 0 Å². The minimum atomic E-state index is -0.331. The number of aliphatic hydroxyl groups is 1. The second kappa shape index (κ2) is 4.96. The lowest BCUT2D eigenvalue weighted by Crippen LogP contribution is -2.74. The van der Waals surface area contributed by atoms with Crippen molar-refractivity contribution in [3.63, 3.8) is 0 Å². The molecule has 5 fully saturated rings. The van der Waals surface area contributed by atoms with Gasteiger partial charge in [-0.25, -0.2) is 0 Å². The van der Waals surface area contributed by atoms with Crippen LogP contribution in [0.4, 0.5) is 0 Å². The van der Waals surface area contributed by atoms with Crippen molar-refractivity contribution in [2.24, 2.45) is 23.2 Å². The average molecular weight is 303 g/mol. The average Bonchev–Trinajstić information content (AvgIpc) is 2.54. The van der Waals surface area contributed by atoms with E-state index in [9.17, 15) is 5.11 Å². The molecule has 0 aromatic rings. The molecule has 1 saturated heterocycles. The van der Waals surface area contributed by atoms with E-state index >= 15 is 0 Å². The molecule has 2 bridgehead atoms. The highest BCUT2D eigenvalue weighted by molar-refractivity contribution is 5.19. The summed E-state index contributed by atoms with van der Waals surface area (Å²) in [5.41, 5.74) is -0.0972. The third kappa shape index (κ3) is 1.75. The molecule has 0 unspecified atom stereocenters. The summed E-state index contributed by atoms with van der Waals surface area (Å²) in [6, 6.07) is 1.41. The van der Waals surface area contributed by atoms with Crippen LogP contribution in [0.2, 0.25) is 0 Å². The van der Waals surface area contributed by atoms with Crippen LogP contribution in [0.25, 0.3) is 0 Å². The predicted molar refractivity (Wildman–Crippen MR) is 88.6 cm³/mol. The van der Waals surface area contributed by atoms with Gasteiger partial charge < -0.3 is 10.4 Å². The quantitative estimate of drug-likeness (QED) is 0.708. The molecule has 1 heterocycles. The van der Waals surface area contributed by atoms with Gasteiger partial charge in [-0.05, 0) is 69.1 Å². The maximum absolute atomic E-state index is 11.9. The van der Waals surface area contributed by atoms with E-state index in [2.05, 4.69) is 5.32 Å². The summed E-state index contributed by atoms with van der Waals surface area (Å²) in [5, 5.41) is 16.1. The van der Waals surface area contributed by atoms with Crippen molar-refractivity contribution in [2.45, 2.75) is 101 Å². The van der Waals surface area contributed by atoms with E-state index in [1.54, 1.807) is 0 Å². The minimum absolute atomic E-state index is 0.234. The number of hydrogen-bond donors (Lipinski definition) is 2. The molecular formula is C20H33NO. The molecule has 5 aliphatic rings. The summed E-state index contributed by atoms with van der Waals surface area (Å²) in [5.74, 6) is 2.33. The first kappa shape index (κ1) is 14.3. The molecule has 0 spiro atoms. The van der Waals surface area contributed by atoms with Crippen LogP contribution in [0.5, 0.6) is 0 Å². The lowest BCUT2D eigenvalue weighted by atomic mass is 9.42. The lowest BCUT2D eigenvalue weighted by Gasteiger charge is -2.69. The van der Waals surface area contributed by atoms with Crippen molar-refractivity contribution in [1.82, 2.24) is 5.32 Å². The van der Waals surface area contributed by atoms with Crippen LogP contribution in [-0.2, 0) is 0 Å². The Morgan fingerprint density at radius 1 is 0.818 bits per heavy atom. The van der Waals surface area contributed by atoms with Gasteiger partial charge in [0.2, 0.25) is 0 Å². The first-order chi connectivity index (χ1) is 10.7. The van der Waals surface area contributed by atoms with Crippen LogP contribution in [0.3, 0.4) is 0 Å². The van der Waals surface area contributed by atoms with Crippen molar-refractivity contribution in [2.75, 3.05) is 0 Å². The Morgan fingerprint density at radius 2 is 1.64 bits per heavy atom.